The van der Waals surface area contributed by atoms with Crippen molar-refractivity contribution in [1.29, 1.82) is 0 Å². The summed E-state index contributed by atoms with van der Waals surface area (Å²) in [5.74, 6) is 0.587. The maximum absolute atomic E-state index is 13.7. The summed E-state index contributed by atoms with van der Waals surface area (Å²) in [6.07, 6.45) is 1.51. The van der Waals surface area contributed by atoms with Gasteiger partial charge in [0, 0.05) is 6.20 Å². The molecule has 3 rings (SSSR count). The molecule has 0 aliphatic heterocycles. The van der Waals surface area contributed by atoms with Gasteiger partial charge in [0.1, 0.15) is 17.4 Å². The van der Waals surface area contributed by atoms with Gasteiger partial charge < -0.3 is 4.52 Å². The van der Waals surface area contributed by atoms with Crippen molar-refractivity contribution >= 4 is 11.6 Å². The first kappa shape index (κ1) is 12.7. The zero-order valence-corrected chi connectivity index (χ0v) is 10.9. The Morgan fingerprint density at radius 3 is 2.70 bits per heavy atom. The third kappa shape index (κ3) is 2.37. The fourth-order valence-electron chi connectivity index (χ4n) is 1.67. The van der Waals surface area contributed by atoms with E-state index in [-0.39, 0.29) is 17.5 Å². The van der Waals surface area contributed by atoms with Crippen LogP contribution in [0.15, 0.2) is 41.1 Å². The molecular weight excluding hydrogens is 283 g/mol. The van der Waals surface area contributed by atoms with Crippen LogP contribution in [-0.2, 0) is 5.88 Å². The summed E-state index contributed by atoms with van der Waals surface area (Å²) < 4.78 is 18.6. The van der Waals surface area contributed by atoms with Gasteiger partial charge in [-0.1, -0.05) is 17.3 Å². The third-order valence-corrected chi connectivity index (χ3v) is 2.81. The summed E-state index contributed by atoms with van der Waals surface area (Å²) >= 11 is 5.60. The first-order chi connectivity index (χ1) is 9.78. The van der Waals surface area contributed by atoms with E-state index in [1.165, 1.54) is 12.3 Å². The minimum absolute atomic E-state index is 0.123. The lowest BCUT2D eigenvalue weighted by Crippen LogP contribution is -1.94. The average Bonchev–Trinajstić information content (AvgIpc) is 2.97. The van der Waals surface area contributed by atoms with E-state index in [4.69, 9.17) is 16.1 Å². The van der Waals surface area contributed by atoms with Crippen LogP contribution in [0, 0.1) is 5.82 Å². The minimum Gasteiger partial charge on any atom is -0.338 e. The molecule has 0 atom stereocenters. The molecule has 2 heterocycles. The molecule has 0 aliphatic carbocycles. The highest BCUT2D eigenvalue weighted by atomic mass is 35.5. The summed E-state index contributed by atoms with van der Waals surface area (Å²) in [5.41, 5.74) is 0.758. The van der Waals surface area contributed by atoms with Crippen LogP contribution in [0.4, 0.5) is 4.39 Å². The van der Waals surface area contributed by atoms with Gasteiger partial charge in [0.15, 0.2) is 5.82 Å². The van der Waals surface area contributed by atoms with Gasteiger partial charge in [0.05, 0.1) is 5.56 Å². The van der Waals surface area contributed by atoms with Crippen molar-refractivity contribution in [3.63, 3.8) is 0 Å². The molecule has 20 heavy (non-hydrogen) atoms. The van der Waals surface area contributed by atoms with E-state index < -0.39 is 0 Å². The largest absolute Gasteiger partial charge is 0.338 e. The maximum atomic E-state index is 13.7. The Hall–Kier alpha value is -2.34. The predicted octanol–water partition coefficient (Wildman–Crippen LogP) is 3.07. The van der Waals surface area contributed by atoms with Crippen molar-refractivity contribution in [2.45, 2.75) is 5.88 Å². The molecule has 0 saturated heterocycles. The standard InChI is InChI=1S/C13H8ClFN4O/c14-7-11-18-13(19-20-11)10-5-6-16-12(17-10)8-3-1-2-4-9(8)15/h1-6H,7H2. The molecule has 0 amide bonds. The smallest absolute Gasteiger partial charge is 0.241 e. The van der Waals surface area contributed by atoms with E-state index in [0.717, 1.165) is 0 Å². The number of hydrogen-bond donors (Lipinski definition) is 0. The van der Waals surface area contributed by atoms with E-state index in [9.17, 15) is 4.39 Å². The average molecular weight is 291 g/mol. The second-order valence-electron chi connectivity index (χ2n) is 3.89. The lowest BCUT2D eigenvalue weighted by molar-refractivity contribution is 0.391. The van der Waals surface area contributed by atoms with E-state index in [2.05, 4.69) is 20.1 Å². The quantitative estimate of drug-likeness (QED) is 0.694. The molecule has 0 bridgehead atoms. The van der Waals surface area contributed by atoms with Gasteiger partial charge in [-0.15, -0.1) is 11.6 Å². The lowest BCUT2D eigenvalue weighted by atomic mass is 10.2. The number of rotatable bonds is 3. The van der Waals surface area contributed by atoms with Gasteiger partial charge in [-0.25, -0.2) is 14.4 Å². The van der Waals surface area contributed by atoms with Crippen molar-refractivity contribution in [2.75, 3.05) is 0 Å². The molecule has 0 radical (unpaired) electrons. The third-order valence-electron chi connectivity index (χ3n) is 2.58. The van der Waals surface area contributed by atoms with Gasteiger partial charge in [-0.2, -0.15) is 4.98 Å². The number of benzene rings is 1. The molecule has 100 valence electrons. The molecule has 0 aliphatic rings. The van der Waals surface area contributed by atoms with Crippen LogP contribution in [0.3, 0.4) is 0 Å². The van der Waals surface area contributed by atoms with Crippen molar-refractivity contribution in [3.8, 4) is 22.9 Å². The SMILES string of the molecule is Fc1ccccc1-c1nccc(-c2noc(CCl)n2)n1. The second-order valence-corrected chi connectivity index (χ2v) is 4.16. The first-order valence-corrected chi connectivity index (χ1v) is 6.28. The van der Waals surface area contributed by atoms with E-state index >= 15 is 0 Å². The Balaban J connectivity index is 2.04. The van der Waals surface area contributed by atoms with E-state index in [0.29, 0.717) is 23.0 Å². The van der Waals surface area contributed by atoms with Crippen LogP contribution in [0.25, 0.3) is 22.9 Å². The Bertz CT molecular complexity index is 746. The van der Waals surface area contributed by atoms with E-state index in [1.54, 1.807) is 24.3 Å². The molecule has 0 fully saturated rings. The fourth-order valence-corrected chi connectivity index (χ4v) is 1.78. The molecule has 3 aromatic rings. The van der Waals surface area contributed by atoms with Crippen molar-refractivity contribution < 1.29 is 8.91 Å². The number of aromatic nitrogens is 4. The van der Waals surface area contributed by atoms with Crippen LogP contribution in [0.5, 0.6) is 0 Å². The van der Waals surface area contributed by atoms with Gasteiger partial charge >= 0.3 is 0 Å². The Kier molecular flexibility index (Phi) is 3.39. The van der Waals surface area contributed by atoms with Crippen LogP contribution in [0.1, 0.15) is 5.89 Å². The van der Waals surface area contributed by atoms with Crippen molar-refractivity contribution in [1.82, 2.24) is 20.1 Å². The zero-order valence-electron chi connectivity index (χ0n) is 10.1. The number of hydrogen-bond acceptors (Lipinski definition) is 5. The summed E-state index contributed by atoms with van der Waals surface area (Å²) in [6.45, 7) is 0. The van der Waals surface area contributed by atoms with Gasteiger partial charge in [0.25, 0.3) is 0 Å². The summed E-state index contributed by atoms with van der Waals surface area (Å²) in [5, 5.41) is 3.76. The summed E-state index contributed by atoms with van der Waals surface area (Å²) in [6, 6.07) is 7.90. The van der Waals surface area contributed by atoms with Crippen LogP contribution in [-0.4, -0.2) is 20.1 Å². The molecule has 5 nitrogen and oxygen atoms in total. The molecule has 0 N–H and O–H groups in total. The highest BCUT2D eigenvalue weighted by Gasteiger charge is 2.12. The molecule has 2 aromatic heterocycles. The summed E-state index contributed by atoms with van der Waals surface area (Å²) in [4.78, 5) is 12.4. The minimum atomic E-state index is -0.390. The Morgan fingerprint density at radius 1 is 1.10 bits per heavy atom. The van der Waals surface area contributed by atoms with Gasteiger partial charge in [-0.3, -0.25) is 0 Å². The molecule has 0 spiro atoms. The molecule has 7 heteroatoms. The highest BCUT2D eigenvalue weighted by Crippen LogP contribution is 2.21. The summed E-state index contributed by atoms with van der Waals surface area (Å²) in [7, 11) is 0. The van der Waals surface area contributed by atoms with Crippen LogP contribution in [0.2, 0.25) is 0 Å². The molecular formula is C13H8ClFN4O. The monoisotopic (exact) mass is 290 g/mol. The van der Waals surface area contributed by atoms with Crippen LogP contribution >= 0.6 is 11.6 Å². The fraction of sp³-hybridized carbons (Fsp3) is 0.0769. The number of nitrogens with zero attached hydrogens (tertiary/aromatic N) is 4. The Labute approximate surface area is 118 Å². The maximum Gasteiger partial charge on any atom is 0.241 e. The van der Waals surface area contributed by atoms with Gasteiger partial charge in [0.2, 0.25) is 11.7 Å². The number of alkyl halides is 1. The van der Waals surface area contributed by atoms with Gasteiger partial charge in [-0.05, 0) is 18.2 Å². The Morgan fingerprint density at radius 2 is 1.95 bits per heavy atom. The molecule has 0 unspecified atom stereocenters. The van der Waals surface area contributed by atoms with E-state index in [1.807, 2.05) is 0 Å². The van der Waals surface area contributed by atoms with Crippen LogP contribution < -0.4 is 0 Å². The van der Waals surface area contributed by atoms with Crippen molar-refractivity contribution in [2.24, 2.45) is 0 Å². The predicted molar refractivity (Wildman–Crippen MR) is 70.3 cm³/mol. The second kappa shape index (κ2) is 5.34. The number of halogens is 2. The topological polar surface area (TPSA) is 64.7 Å². The molecule has 0 saturated carbocycles. The van der Waals surface area contributed by atoms with Crippen molar-refractivity contribution in [3.05, 3.63) is 48.2 Å². The molecule has 1 aromatic carbocycles. The zero-order chi connectivity index (χ0) is 13.9. The lowest BCUT2D eigenvalue weighted by Gasteiger charge is -2.02. The first-order valence-electron chi connectivity index (χ1n) is 5.75. The normalized spacial score (nSPS) is 10.7. The highest BCUT2D eigenvalue weighted by molar-refractivity contribution is 6.16.